The summed E-state index contributed by atoms with van der Waals surface area (Å²) < 4.78 is 0. The van der Waals surface area contributed by atoms with Gasteiger partial charge in [-0.3, -0.25) is 9.59 Å². The number of hydrogen-bond acceptors (Lipinski definition) is 3. The number of aromatic amines is 1. The predicted molar refractivity (Wildman–Crippen MR) is 137 cm³/mol. The van der Waals surface area contributed by atoms with Crippen LogP contribution in [0.25, 0.3) is 11.0 Å². The van der Waals surface area contributed by atoms with Crippen LogP contribution in [0, 0.1) is 0 Å². The number of para-hydroxylation sites is 3. The monoisotopic (exact) mass is 460 g/mol. The summed E-state index contributed by atoms with van der Waals surface area (Å²) in [6, 6.07) is 16.1. The van der Waals surface area contributed by atoms with Crippen LogP contribution in [0.3, 0.4) is 0 Å². The second-order valence-corrected chi connectivity index (χ2v) is 9.29. The maximum Gasteiger partial charge on any atom is 0.223 e. The zero-order valence-corrected chi connectivity index (χ0v) is 20.3. The summed E-state index contributed by atoms with van der Waals surface area (Å²) in [5.41, 5.74) is 4.05. The predicted octanol–water partition coefficient (Wildman–Crippen LogP) is 5.62. The molecule has 6 nitrogen and oxygen atoms in total. The standard InChI is InChI=1S/C28H36N4O2/c1-22(33)32-20-12-4-2-3-11-19-31(21-23-13-5-8-16-26(23)32)28(34)18-10-9-17-27-29-24-14-6-7-15-25(24)30-27/h5-8,13-16H,2-4,9-12,17-21H2,1H3,(H,29,30). The first-order valence-corrected chi connectivity index (χ1v) is 12.7. The molecule has 1 N–H and O–H groups in total. The van der Waals surface area contributed by atoms with Gasteiger partial charge in [0.1, 0.15) is 5.82 Å². The van der Waals surface area contributed by atoms with Crippen LogP contribution in [0.15, 0.2) is 48.5 Å². The Morgan fingerprint density at radius 1 is 0.912 bits per heavy atom. The zero-order valence-electron chi connectivity index (χ0n) is 20.3. The first kappa shape index (κ1) is 24.0. The summed E-state index contributed by atoms with van der Waals surface area (Å²) in [5.74, 6) is 1.25. The van der Waals surface area contributed by atoms with Crippen LogP contribution in [-0.4, -0.2) is 39.8 Å². The Balaban J connectivity index is 1.38. The fraction of sp³-hybridized carbons (Fsp3) is 0.464. The van der Waals surface area contributed by atoms with Gasteiger partial charge in [0.15, 0.2) is 0 Å². The Kier molecular flexibility index (Phi) is 8.34. The number of fused-ring (bicyclic) bond motifs is 2. The van der Waals surface area contributed by atoms with Crippen molar-refractivity contribution in [2.75, 3.05) is 18.0 Å². The Bertz CT molecular complexity index is 1070. The molecule has 0 radical (unpaired) electrons. The molecular weight excluding hydrogens is 424 g/mol. The van der Waals surface area contributed by atoms with E-state index in [-0.39, 0.29) is 11.8 Å². The number of anilines is 1. The van der Waals surface area contributed by atoms with Crippen molar-refractivity contribution >= 4 is 28.5 Å². The second-order valence-electron chi connectivity index (χ2n) is 9.29. The minimum Gasteiger partial charge on any atom is -0.342 e. The van der Waals surface area contributed by atoms with Gasteiger partial charge in [-0.15, -0.1) is 0 Å². The van der Waals surface area contributed by atoms with E-state index >= 15 is 0 Å². The molecule has 4 rings (SSSR count). The number of unbranched alkanes of at least 4 members (excludes halogenated alkanes) is 1. The van der Waals surface area contributed by atoms with Gasteiger partial charge < -0.3 is 14.8 Å². The highest BCUT2D eigenvalue weighted by Crippen LogP contribution is 2.25. The first-order chi connectivity index (χ1) is 16.6. The minimum atomic E-state index is 0.0629. The Labute approximate surface area is 202 Å². The summed E-state index contributed by atoms with van der Waals surface area (Å²) in [4.78, 5) is 37.5. The van der Waals surface area contributed by atoms with Crippen LogP contribution in [0.4, 0.5) is 5.69 Å². The lowest BCUT2D eigenvalue weighted by Crippen LogP contribution is -2.34. The van der Waals surface area contributed by atoms with Crippen LogP contribution in [0.1, 0.15) is 69.7 Å². The highest BCUT2D eigenvalue weighted by molar-refractivity contribution is 5.92. The largest absolute Gasteiger partial charge is 0.342 e. The molecule has 6 heteroatoms. The van der Waals surface area contributed by atoms with E-state index in [9.17, 15) is 9.59 Å². The first-order valence-electron chi connectivity index (χ1n) is 12.7. The molecule has 1 aliphatic rings. The van der Waals surface area contributed by atoms with Crippen LogP contribution in [-0.2, 0) is 22.6 Å². The van der Waals surface area contributed by atoms with E-state index < -0.39 is 0 Å². The van der Waals surface area contributed by atoms with Crippen LogP contribution in [0.2, 0.25) is 0 Å². The number of amides is 2. The van der Waals surface area contributed by atoms with Gasteiger partial charge in [-0.25, -0.2) is 4.98 Å². The number of hydrogen-bond donors (Lipinski definition) is 1. The zero-order chi connectivity index (χ0) is 23.8. The molecule has 0 spiro atoms. The van der Waals surface area contributed by atoms with E-state index in [0.717, 1.165) is 92.6 Å². The normalized spacial score (nSPS) is 15.4. The molecule has 1 aromatic heterocycles. The molecule has 0 aliphatic carbocycles. The molecule has 3 aromatic rings. The van der Waals surface area contributed by atoms with Gasteiger partial charge in [0, 0.05) is 45.1 Å². The van der Waals surface area contributed by atoms with Crippen LogP contribution < -0.4 is 4.90 Å². The average molecular weight is 461 g/mol. The van der Waals surface area contributed by atoms with Crippen molar-refractivity contribution in [1.29, 1.82) is 0 Å². The van der Waals surface area contributed by atoms with Crippen molar-refractivity contribution in [3.05, 3.63) is 59.9 Å². The van der Waals surface area contributed by atoms with E-state index in [4.69, 9.17) is 0 Å². The summed E-state index contributed by atoms with van der Waals surface area (Å²) in [6.45, 7) is 3.70. The van der Waals surface area contributed by atoms with Gasteiger partial charge in [0.05, 0.1) is 11.0 Å². The molecule has 0 atom stereocenters. The van der Waals surface area contributed by atoms with E-state index in [2.05, 4.69) is 16.0 Å². The van der Waals surface area contributed by atoms with Crippen molar-refractivity contribution in [1.82, 2.24) is 14.9 Å². The highest BCUT2D eigenvalue weighted by Gasteiger charge is 2.20. The van der Waals surface area contributed by atoms with Gasteiger partial charge in [0.2, 0.25) is 11.8 Å². The number of rotatable bonds is 5. The Morgan fingerprint density at radius 2 is 1.65 bits per heavy atom. The van der Waals surface area contributed by atoms with E-state index in [1.807, 2.05) is 52.3 Å². The molecule has 180 valence electrons. The quantitative estimate of drug-likeness (QED) is 0.502. The number of carbonyl (C=O) groups excluding carboxylic acids is 2. The Morgan fingerprint density at radius 3 is 2.47 bits per heavy atom. The third kappa shape index (κ3) is 6.25. The molecule has 2 aromatic carbocycles. The maximum absolute atomic E-state index is 13.2. The molecule has 0 unspecified atom stereocenters. The van der Waals surface area contributed by atoms with Gasteiger partial charge in [-0.2, -0.15) is 0 Å². The number of nitrogens with one attached hydrogen (secondary N) is 1. The molecule has 0 saturated carbocycles. The highest BCUT2D eigenvalue weighted by atomic mass is 16.2. The van der Waals surface area contributed by atoms with Crippen LogP contribution in [0.5, 0.6) is 0 Å². The topological polar surface area (TPSA) is 69.3 Å². The lowest BCUT2D eigenvalue weighted by molar-refractivity contribution is -0.132. The molecule has 0 bridgehead atoms. The smallest absolute Gasteiger partial charge is 0.223 e. The summed E-state index contributed by atoms with van der Waals surface area (Å²) in [6.07, 6.45) is 8.58. The van der Waals surface area contributed by atoms with Crippen molar-refractivity contribution in [3.63, 3.8) is 0 Å². The molecular formula is C28H36N4O2. The number of H-pyrrole nitrogens is 1. The fourth-order valence-electron chi connectivity index (χ4n) is 4.81. The van der Waals surface area contributed by atoms with Crippen molar-refractivity contribution < 1.29 is 9.59 Å². The van der Waals surface area contributed by atoms with Gasteiger partial charge in [-0.05, 0) is 49.4 Å². The summed E-state index contributed by atoms with van der Waals surface area (Å²) in [5, 5.41) is 0. The second kappa shape index (κ2) is 11.8. The SMILES string of the molecule is CC(=O)N1CCCCCCCN(C(=O)CCCCc2nc3ccccc3[nH]2)Cc2ccccc21. The third-order valence-corrected chi connectivity index (χ3v) is 6.68. The van der Waals surface area contributed by atoms with Crippen LogP contribution >= 0.6 is 0 Å². The number of carbonyl (C=O) groups is 2. The molecule has 2 heterocycles. The minimum absolute atomic E-state index is 0.0629. The summed E-state index contributed by atoms with van der Waals surface area (Å²) in [7, 11) is 0. The lowest BCUT2D eigenvalue weighted by atomic mass is 10.1. The number of imidazole rings is 1. The van der Waals surface area contributed by atoms with Crippen molar-refractivity contribution in [3.8, 4) is 0 Å². The van der Waals surface area contributed by atoms with Gasteiger partial charge in [-0.1, -0.05) is 49.6 Å². The number of aryl methyl sites for hydroxylation is 1. The number of aromatic nitrogens is 2. The van der Waals surface area contributed by atoms with Gasteiger partial charge in [0.25, 0.3) is 0 Å². The van der Waals surface area contributed by atoms with E-state index in [0.29, 0.717) is 13.0 Å². The van der Waals surface area contributed by atoms with E-state index in [1.165, 1.54) is 0 Å². The molecule has 0 saturated heterocycles. The number of nitrogens with zero attached hydrogens (tertiary/aromatic N) is 3. The summed E-state index contributed by atoms with van der Waals surface area (Å²) >= 11 is 0. The maximum atomic E-state index is 13.2. The molecule has 1 aliphatic heterocycles. The molecule has 34 heavy (non-hydrogen) atoms. The lowest BCUT2D eigenvalue weighted by Gasteiger charge is -2.29. The van der Waals surface area contributed by atoms with Gasteiger partial charge >= 0.3 is 0 Å². The molecule has 2 amide bonds. The average Bonchev–Trinajstić information content (AvgIpc) is 3.25. The van der Waals surface area contributed by atoms with E-state index in [1.54, 1.807) is 6.92 Å². The Hall–Kier alpha value is -3.15. The molecule has 0 fully saturated rings. The van der Waals surface area contributed by atoms with Crippen molar-refractivity contribution in [2.24, 2.45) is 0 Å². The van der Waals surface area contributed by atoms with Crippen molar-refractivity contribution in [2.45, 2.75) is 71.3 Å². The third-order valence-electron chi connectivity index (χ3n) is 6.68. The fourth-order valence-corrected chi connectivity index (χ4v) is 4.81. The number of benzene rings is 2.